The fraction of sp³-hybridized carbons (Fsp3) is 0.600. The Morgan fingerprint density at radius 3 is 2.72 bits per heavy atom. The second-order valence-corrected chi connectivity index (χ2v) is 4.61. The summed E-state index contributed by atoms with van der Waals surface area (Å²) in [7, 11) is 0. The number of rotatable bonds is 6. The van der Waals surface area contributed by atoms with Crippen LogP contribution in [0.4, 0.5) is 0 Å². The van der Waals surface area contributed by atoms with Crippen LogP contribution in [0, 0.1) is 5.41 Å². The van der Waals surface area contributed by atoms with Crippen LogP contribution in [0.5, 0.6) is 0 Å². The predicted molar refractivity (Wildman–Crippen MR) is 71.1 cm³/mol. The van der Waals surface area contributed by atoms with Crippen molar-refractivity contribution >= 4 is 11.8 Å². The third kappa shape index (κ3) is 3.31. The van der Waals surface area contributed by atoms with Crippen LogP contribution in [0.3, 0.4) is 0 Å². The molecule has 0 saturated heterocycles. The van der Waals surface area contributed by atoms with Crippen LogP contribution in [0.25, 0.3) is 0 Å². The van der Waals surface area contributed by atoms with Gasteiger partial charge in [-0.15, -0.1) is 0 Å². The molecule has 1 saturated carbocycles. The average Bonchev–Trinajstić information content (AvgIpc) is 2.74. The van der Waals surface area contributed by atoms with Crippen LogP contribution in [0.2, 0.25) is 0 Å². The van der Waals surface area contributed by atoms with Crippen LogP contribution >= 0.6 is 0 Å². The normalized spacial score (nSPS) is 24.2. The van der Waals surface area contributed by atoms with Gasteiger partial charge in [0.05, 0.1) is 0 Å². The molecule has 0 amide bonds. The maximum Gasteiger partial charge on any atom is 0.320 e. The lowest BCUT2D eigenvalue weighted by atomic mass is 9.81. The van der Waals surface area contributed by atoms with E-state index < -0.39 is 5.41 Å². The van der Waals surface area contributed by atoms with Crippen LogP contribution in [0.15, 0.2) is 24.3 Å². The van der Waals surface area contributed by atoms with Crippen molar-refractivity contribution in [3.63, 3.8) is 0 Å². The molecule has 0 bridgehead atoms. The third-order valence-electron chi connectivity index (χ3n) is 3.35. The Hall–Kier alpha value is -1.38. The molecule has 0 heterocycles. The molecule has 0 aromatic carbocycles. The first kappa shape index (κ1) is 14.7. The molecule has 1 atom stereocenters. The van der Waals surface area contributed by atoms with Gasteiger partial charge >= 0.3 is 5.97 Å². The van der Waals surface area contributed by atoms with E-state index in [1.165, 1.54) is 0 Å². The first-order valence-corrected chi connectivity index (χ1v) is 6.64. The zero-order valence-corrected chi connectivity index (χ0v) is 11.3. The molecule has 3 heteroatoms. The van der Waals surface area contributed by atoms with E-state index >= 15 is 0 Å². The van der Waals surface area contributed by atoms with Gasteiger partial charge in [-0.2, -0.15) is 0 Å². The predicted octanol–water partition coefficient (Wildman–Crippen LogP) is 3.20. The largest absolute Gasteiger partial charge is 0.461 e. The maximum absolute atomic E-state index is 12.1. The monoisotopic (exact) mass is 250 g/mol. The molecule has 0 aromatic rings. The quantitative estimate of drug-likeness (QED) is 0.413. The molecule has 0 aromatic heterocycles. The van der Waals surface area contributed by atoms with E-state index in [9.17, 15) is 9.59 Å². The molecule has 3 nitrogen and oxygen atoms in total. The third-order valence-corrected chi connectivity index (χ3v) is 3.35. The van der Waals surface area contributed by atoms with E-state index in [1.54, 1.807) is 0 Å². The number of Topliss-reactive ketones (excluding diaryl/α,β-unsaturated/α-hetero) is 1. The van der Waals surface area contributed by atoms with Crippen molar-refractivity contribution in [2.24, 2.45) is 5.41 Å². The van der Waals surface area contributed by atoms with Crippen molar-refractivity contribution in [1.29, 1.82) is 0 Å². The van der Waals surface area contributed by atoms with Gasteiger partial charge in [-0.3, -0.25) is 9.59 Å². The average molecular weight is 250 g/mol. The van der Waals surface area contributed by atoms with Gasteiger partial charge in [0.15, 0.2) is 5.78 Å². The van der Waals surface area contributed by atoms with Gasteiger partial charge in [-0.25, -0.2) is 0 Å². The summed E-state index contributed by atoms with van der Waals surface area (Å²) < 4.78 is 5.22. The Kier molecular flexibility index (Phi) is 5.83. The number of carbonyl (C=O) groups is 2. The molecule has 1 aliphatic carbocycles. The Labute approximate surface area is 109 Å². The zero-order chi connectivity index (χ0) is 13.4. The molecule has 0 radical (unpaired) electrons. The van der Waals surface area contributed by atoms with E-state index in [4.69, 9.17) is 4.74 Å². The molecule has 1 unspecified atom stereocenters. The summed E-state index contributed by atoms with van der Waals surface area (Å²) in [6.45, 7) is 4.17. The molecule has 0 N–H and O–H groups in total. The highest BCUT2D eigenvalue weighted by atomic mass is 16.5. The lowest BCUT2D eigenvalue weighted by Crippen LogP contribution is -2.36. The summed E-state index contributed by atoms with van der Waals surface area (Å²) in [6.07, 6.45) is 10.8. The Bertz CT molecular complexity index is 355. The molecular weight excluding hydrogens is 228 g/mol. The molecule has 1 fully saturated rings. The Balaban J connectivity index is 2.68. The second-order valence-electron chi connectivity index (χ2n) is 4.61. The fourth-order valence-electron chi connectivity index (χ4n) is 2.26. The number of carbonyl (C=O) groups excluding carboxylic acids is 2. The molecule has 1 aliphatic rings. The minimum Gasteiger partial charge on any atom is -0.461 e. The van der Waals surface area contributed by atoms with E-state index in [0.29, 0.717) is 19.3 Å². The summed E-state index contributed by atoms with van der Waals surface area (Å²) >= 11 is 0. The highest BCUT2D eigenvalue weighted by Gasteiger charge is 2.48. The van der Waals surface area contributed by atoms with Crippen LogP contribution in [-0.4, -0.2) is 18.4 Å². The Morgan fingerprint density at radius 1 is 1.39 bits per heavy atom. The van der Waals surface area contributed by atoms with Gasteiger partial charge in [0.1, 0.15) is 12.0 Å². The lowest BCUT2D eigenvalue weighted by molar-refractivity contribution is -0.157. The highest BCUT2D eigenvalue weighted by molar-refractivity contribution is 6.05. The summed E-state index contributed by atoms with van der Waals surface area (Å²) in [5.41, 5.74) is -0.910. The van der Waals surface area contributed by atoms with Crippen molar-refractivity contribution < 1.29 is 14.3 Å². The number of allylic oxidation sites excluding steroid dienone is 3. The summed E-state index contributed by atoms with van der Waals surface area (Å²) in [5, 5.41) is 0. The van der Waals surface area contributed by atoms with Crippen molar-refractivity contribution in [3.8, 4) is 0 Å². The number of hydrogen-bond donors (Lipinski definition) is 0. The van der Waals surface area contributed by atoms with E-state index in [-0.39, 0.29) is 18.4 Å². The molecule has 0 spiro atoms. The van der Waals surface area contributed by atoms with Gasteiger partial charge < -0.3 is 4.74 Å². The van der Waals surface area contributed by atoms with Crippen molar-refractivity contribution in [2.75, 3.05) is 6.61 Å². The van der Waals surface area contributed by atoms with E-state index in [0.717, 1.165) is 12.8 Å². The number of hydrogen-bond acceptors (Lipinski definition) is 3. The van der Waals surface area contributed by atoms with Gasteiger partial charge in [-0.1, -0.05) is 31.2 Å². The van der Waals surface area contributed by atoms with Gasteiger partial charge in [0, 0.05) is 6.42 Å². The van der Waals surface area contributed by atoms with Gasteiger partial charge in [0.25, 0.3) is 0 Å². The van der Waals surface area contributed by atoms with Crippen molar-refractivity contribution in [1.82, 2.24) is 0 Å². The van der Waals surface area contributed by atoms with E-state index in [2.05, 4.69) is 0 Å². The van der Waals surface area contributed by atoms with Crippen LogP contribution in [0.1, 0.15) is 46.0 Å². The maximum atomic E-state index is 12.1. The smallest absolute Gasteiger partial charge is 0.320 e. The number of ether oxygens (including phenoxy) is 1. The topological polar surface area (TPSA) is 43.4 Å². The van der Waals surface area contributed by atoms with Gasteiger partial charge in [-0.05, 0) is 32.6 Å². The van der Waals surface area contributed by atoms with Gasteiger partial charge in [0.2, 0.25) is 0 Å². The number of esters is 1. The molecule has 1 rings (SSSR count). The lowest BCUT2D eigenvalue weighted by Gasteiger charge is -2.23. The standard InChI is InChI=1S/C15H22O3/c1-3-5-7-12-18-14(17)15(10-6-4-2)11-8-9-13(15)16/h4-7H,3,8-12H2,1-2H3. The van der Waals surface area contributed by atoms with Crippen LogP contribution < -0.4 is 0 Å². The molecule has 100 valence electrons. The summed E-state index contributed by atoms with van der Waals surface area (Å²) in [4.78, 5) is 24.1. The van der Waals surface area contributed by atoms with E-state index in [1.807, 2.05) is 38.2 Å². The van der Waals surface area contributed by atoms with Crippen LogP contribution in [-0.2, 0) is 14.3 Å². The second kappa shape index (κ2) is 7.14. The Morgan fingerprint density at radius 2 is 2.17 bits per heavy atom. The first-order valence-electron chi connectivity index (χ1n) is 6.64. The molecule has 0 aliphatic heterocycles. The molecule has 18 heavy (non-hydrogen) atoms. The SMILES string of the molecule is CC=CCC1(C(=O)OCC=CCC)CCCC1=O. The number of ketones is 1. The minimum atomic E-state index is -0.910. The summed E-state index contributed by atoms with van der Waals surface area (Å²) in [6, 6.07) is 0. The fourth-order valence-corrected chi connectivity index (χ4v) is 2.26. The van der Waals surface area contributed by atoms with Crippen molar-refractivity contribution in [3.05, 3.63) is 24.3 Å². The summed E-state index contributed by atoms with van der Waals surface area (Å²) in [5.74, 6) is -0.325. The minimum absolute atomic E-state index is 0.0325. The first-order chi connectivity index (χ1) is 8.67. The molecular formula is C15H22O3. The zero-order valence-electron chi connectivity index (χ0n) is 11.3. The highest BCUT2D eigenvalue weighted by Crippen LogP contribution is 2.39. The van der Waals surface area contributed by atoms with Crippen molar-refractivity contribution in [2.45, 2.75) is 46.0 Å².